The molecule has 1 aliphatic heterocycles. The molecule has 1 N–H and O–H groups in total. The molecule has 6 nitrogen and oxygen atoms in total. The number of rotatable bonds is 6. The number of carbonyl (C=O) groups excluding carboxylic acids is 2. The molecular formula is C23H25N3O3S. The maximum atomic E-state index is 13.2. The van der Waals surface area contributed by atoms with E-state index in [4.69, 9.17) is 4.42 Å². The standard InChI is InChI=1S/C23H25N3O3S/c1-3-7-18(23(28)26-12-10-19-17(14-26)11-13-30-19)24-21(27)20-15(2)29-22(25-20)16-8-5-4-6-9-16/h4-6,8-9,11,13,18H,3,7,10,12,14H2,1-2H3,(H,24,27). The van der Waals surface area contributed by atoms with Crippen LogP contribution in [0.1, 0.15) is 46.5 Å². The first kappa shape index (κ1) is 20.3. The van der Waals surface area contributed by atoms with Crippen LogP contribution in [0.3, 0.4) is 0 Å². The summed E-state index contributed by atoms with van der Waals surface area (Å²) in [6.45, 7) is 5.01. The van der Waals surface area contributed by atoms with Gasteiger partial charge < -0.3 is 14.6 Å². The number of fused-ring (bicyclic) bond motifs is 1. The van der Waals surface area contributed by atoms with Crippen molar-refractivity contribution in [3.05, 3.63) is 63.7 Å². The average Bonchev–Trinajstić information content (AvgIpc) is 3.39. The van der Waals surface area contributed by atoms with Crippen molar-refractivity contribution in [2.24, 2.45) is 0 Å². The molecule has 4 rings (SSSR count). The molecule has 0 fully saturated rings. The molecule has 1 aliphatic rings. The highest BCUT2D eigenvalue weighted by molar-refractivity contribution is 7.10. The number of aromatic nitrogens is 1. The fourth-order valence-electron chi connectivity index (χ4n) is 3.74. The van der Waals surface area contributed by atoms with Crippen LogP contribution in [0, 0.1) is 6.92 Å². The number of nitrogens with zero attached hydrogens (tertiary/aromatic N) is 2. The summed E-state index contributed by atoms with van der Waals surface area (Å²) in [6.07, 6.45) is 2.25. The van der Waals surface area contributed by atoms with Gasteiger partial charge in [0.15, 0.2) is 5.69 Å². The fourth-order valence-corrected chi connectivity index (χ4v) is 4.63. The third-order valence-electron chi connectivity index (χ3n) is 5.33. The average molecular weight is 424 g/mol. The Balaban J connectivity index is 1.49. The molecule has 0 radical (unpaired) electrons. The van der Waals surface area contributed by atoms with Gasteiger partial charge in [-0.1, -0.05) is 31.5 Å². The Morgan fingerprint density at radius 2 is 2.07 bits per heavy atom. The van der Waals surface area contributed by atoms with Gasteiger partial charge in [0.1, 0.15) is 11.8 Å². The summed E-state index contributed by atoms with van der Waals surface area (Å²) in [5.74, 6) is 0.428. The highest BCUT2D eigenvalue weighted by atomic mass is 32.1. The summed E-state index contributed by atoms with van der Waals surface area (Å²) in [6, 6.07) is 11.0. The topological polar surface area (TPSA) is 75.4 Å². The zero-order chi connectivity index (χ0) is 21.1. The Bertz CT molecular complexity index is 1040. The lowest BCUT2D eigenvalue weighted by molar-refractivity contribution is -0.134. The molecule has 1 atom stereocenters. The van der Waals surface area contributed by atoms with Gasteiger partial charge in [0.25, 0.3) is 5.91 Å². The molecule has 3 aromatic rings. The number of nitrogens with one attached hydrogen (secondary N) is 1. The zero-order valence-corrected chi connectivity index (χ0v) is 18.0. The predicted molar refractivity (Wildman–Crippen MR) is 116 cm³/mol. The maximum Gasteiger partial charge on any atom is 0.274 e. The van der Waals surface area contributed by atoms with Crippen molar-refractivity contribution >= 4 is 23.2 Å². The molecule has 7 heteroatoms. The lowest BCUT2D eigenvalue weighted by Crippen LogP contribution is -2.49. The molecular weight excluding hydrogens is 398 g/mol. The molecule has 2 aromatic heterocycles. The number of hydrogen-bond acceptors (Lipinski definition) is 5. The fraction of sp³-hybridized carbons (Fsp3) is 0.348. The third-order valence-corrected chi connectivity index (χ3v) is 6.36. The first-order valence-corrected chi connectivity index (χ1v) is 11.1. The molecule has 3 heterocycles. The van der Waals surface area contributed by atoms with E-state index in [0.29, 0.717) is 31.2 Å². The Hall–Kier alpha value is -2.93. The Labute approximate surface area is 179 Å². The van der Waals surface area contributed by atoms with Crippen LogP contribution in [0.15, 0.2) is 46.2 Å². The molecule has 0 saturated heterocycles. The minimum absolute atomic E-state index is 0.0357. The van der Waals surface area contributed by atoms with Gasteiger partial charge in [-0.25, -0.2) is 4.98 Å². The number of amides is 2. The Morgan fingerprint density at radius 3 is 2.83 bits per heavy atom. The van der Waals surface area contributed by atoms with Gasteiger partial charge in [-0.05, 0) is 48.9 Å². The zero-order valence-electron chi connectivity index (χ0n) is 17.2. The SMILES string of the molecule is CCCC(NC(=O)c1nc(-c2ccccc2)oc1C)C(=O)N1CCc2sccc2C1. The number of thiophene rings is 1. The Kier molecular flexibility index (Phi) is 5.99. The van der Waals surface area contributed by atoms with Crippen LogP contribution in [0.2, 0.25) is 0 Å². The van der Waals surface area contributed by atoms with Gasteiger partial charge in [0.05, 0.1) is 0 Å². The molecule has 0 aliphatic carbocycles. The van der Waals surface area contributed by atoms with Crippen molar-refractivity contribution in [3.63, 3.8) is 0 Å². The third kappa shape index (κ3) is 4.16. The lowest BCUT2D eigenvalue weighted by Gasteiger charge is -2.30. The first-order valence-electron chi connectivity index (χ1n) is 10.2. The number of aryl methyl sites for hydroxylation is 1. The summed E-state index contributed by atoms with van der Waals surface area (Å²) >= 11 is 1.74. The number of benzene rings is 1. The molecule has 2 amide bonds. The molecule has 1 unspecified atom stereocenters. The van der Waals surface area contributed by atoms with Crippen molar-refractivity contribution in [3.8, 4) is 11.5 Å². The lowest BCUT2D eigenvalue weighted by atomic mass is 10.1. The molecule has 0 bridgehead atoms. The van der Waals surface area contributed by atoms with Gasteiger partial charge in [0.2, 0.25) is 11.8 Å². The second kappa shape index (κ2) is 8.83. The van der Waals surface area contributed by atoms with Crippen LogP contribution in [0.4, 0.5) is 0 Å². The molecule has 30 heavy (non-hydrogen) atoms. The van der Waals surface area contributed by atoms with Crippen LogP contribution in [0.25, 0.3) is 11.5 Å². The number of carbonyl (C=O) groups is 2. The minimum atomic E-state index is -0.570. The minimum Gasteiger partial charge on any atom is -0.441 e. The van der Waals surface area contributed by atoms with Crippen LogP contribution in [-0.4, -0.2) is 34.3 Å². The summed E-state index contributed by atoms with van der Waals surface area (Å²) in [5, 5.41) is 4.98. The first-order chi connectivity index (χ1) is 14.6. The van der Waals surface area contributed by atoms with Gasteiger partial charge in [0, 0.05) is 23.5 Å². The van der Waals surface area contributed by atoms with E-state index in [-0.39, 0.29) is 17.5 Å². The summed E-state index contributed by atoms with van der Waals surface area (Å²) in [7, 11) is 0. The summed E-state index contributed by atoms with van der Waals surface area (Å²) < 4.78 is 5.70. The van der Waals surface area contributed by atoms with Gasteiger partial charge in [-0.3, -0.25) is 9.59 Å². The van der Waals surface area contributed by atoms with Crippen LogP contribution < -0.4 is 5.32 Å². The van der Waals surface area contributed by atoms with Crippen molar-refractivity contribution in [1.82, 2.24) is 15.2 Å². The van der Waals surface area contributed by atoms with E-state index in [9.17, 15) is 9.59 Å². The maximum absolute atomic E-state index is 13.2. The van der Waals surface area contributed by atoms with E-state index < -0.39 is 6.04 Å². The van der Waals surface area contributed by atoms with Crippen molar-refractivity contribution in [1.29, 1.82) is 0 Å². The second-order valence-corrected chi connectivity index (χ2v) is 8.48. The van der Waals surface area contributed by atoms with Crippen LogP contribution in [-0.2, 0) is 17.8 Å². The monoisotopic (exact) mass is 423 g/mol. The normalized spacial score (nSPS) is 14.3. The van der Waals surface area contributed by atoms with Crippen molar-refractivity contribution in [2.75, 3.05) is 6.54 Å². The van der Waals surface area contributed by atoms with Crippen LogP contribution in [0.5, 0.6) is 0 Å². The quantitative estimate of drug-likeness (QED) is 0.645. The Morgan fingerprint density at radius 1 is 1.27 bits per heavy atom. The molecule has 0 spiro atoms. The van der Waals surface area contributed by atoms with Gasteiger partial charge in [-0.2, -0.15) is 0 Å². The van der Waals surface area contributed by atoms with E-state index in [1.807, 2.05) is 42.2 Å². The van der Waals surface area contributed by atoms with Crippen LogP contribution >= 0.6 is 11.3 Å². The largest absolute Gasteiger partial charge is 0.441 e. The molecule has 156 valence electrons. The van der Waals surface area contributed by atoms with E-state index in [0.717, 1.165) is 18.4 Å². The van der Waals surface area contributed by atoms with Crippen molar-refractivity contribution in [2.45, 2.75) is 45.7 Å². The van der Waals surface area contributed by atoms with Gasteiger partial charge >= 0.3 is 0 Å². The highest BCUT2D eigenvalue weighted by Gasteiger charge is 2.30. The highest BCUT2D eigenvalue weighted by Crippen LogP contribution is 2.25. The van der Waals surface area contributed by atoms with E-state index >= 15 is 0 Å². The number of hydrogen-bond donors (Lipinski definition) is 1. The summed E-state index contributed by atoms with van der Waals surface area (Å²) in [5.41, 5.74) is 2.24. The van der Waals surface area contributed by atoms with E-state index in [2.05, 4.69) is 21.7 Å². The van der Waals surface area contributed by atoms with Crippen molar-refractivity contribution < 1.29 is 14.0 Å². The predicted octanol–water partition coefficient (Wildman–Crippen LogP) is 4.19. The number of oxazole rings is 1. The smallest absolute Gasteiger partial charge is 0.274 e. The second-order valence-electron chi connectivity index (χ2n) is 7.48. The van der Waals surface area contributed by atoms with E-state index in [1.54, 1.807) is 18.3 Å². The summed E-state index contributed by atoms with van der Waals surface area (Å²) in [4.78, 5) is 33.7. The van der Waals surface area contributed by atoms with Gasteiger partial charge in [-0.15, -0.1) is 11.3 Å². The molecule has 1 aromatic carbocycles. The molecule has 0 saturated carbocycles. The van der Waals surface area contributed by atoms with E-state index in [1.165, 1.54) is 10.4 Å².